The number of nitrogens with zero attached hydrogens (tertiary/aromatic N) is 2. The van der Waals surface area contributed by atoms with E-state index in [1.54, 1.807) is 0 Å². The molecule has 21 heavy (non-hydrogen) atoms. The predicted molar refractivity (Wildman–Crippen MR) is 75.4 cm³/mol. The van der Waals surface area contributed by atoms with Crippen LogP contribution in [0.3, 0.4) is 0 Å². The molecule has 0 unspecified atom stereocenters. The van der Waals surface area contributed by atoms with Gasteiger partial charge in [0.2, 0.25) is 5.82 Å². The molecule has 0 N–H and O–H groups in total. The zero-order chi connectivity index (χ0) is 15.7. The van der Waals surface area contributed by atoms with Gasteiger partial charge in [0.25, 0.3) is 5.91 Å². The van der Waals surface area contributed by atoms with E-state index in [0.29, 0.717) is 17.4 Å². The number of hydrogen-bond donors (Lipinski definition) is 0. The molecule has 1 aromatic rings. The van der Waals surface area contributed by atoms with Gasteiger partial charge in [0.1, 0.15) is 11.4 Å². The highest BCUT2D eigenvalue weighted by atomic mass is 79.9. The Hall–Kier alpha value is -1.57. The van der Waals surface area contributed by atoms with Gasteiger partial charge in [0.15, 0.2) is 0 Å². The number of rotatable bonds is 4. The maximum atomic E-state index is 14.0. The summed E-state index contributed by atoms with van der Waals surface area (Å²) in [6.45, 7) is 0.364. The van der Waals surface area contributed by atoms with E-state index in [0.717, 1.165) is 18.9 Å². The summed E-state index contributed by atoms with van der Waals surface area (Å²) < 4.78 is 27.6. The Morgan fingerprint density at radius 1 is 1.48 bits per heavy atom. The molecule has 1 aliphatic carbocycles. The van der Waals surface area contributed by atoms with Crippen molar-refractivity contribution in [2.75, 3.05) is 13.6 Å². The van der Waals surface area contributed by atoms with Gasteiger partial charge in [-0.1, -0.05) is 15.9 Å². The molecule has 0 spiro atoms. The fourth-order valence-electron chi connectivity index (χ4n) is 2.34. The second kappa shape index (κ2) is 6.05. The van der Waals surface area contributed by atoms with E-state index in [9.17, 15) is 23.7 Å². The monoisotopic (exact) mass is 362 g/mol. The van der Waals surface area contributed by atoms with E-state index >= 15 is 0 Å². The van der Waals surface area contributed by atoms with E-state index in [1.807, 2.05) is 0 Å². The fourth-order valence-corrected chi connectivity index (χ4v) is 3.40. The van der Waals surface area contributed by atoms with E-state index in [2.05, 4.69) is 15.9 Å². The number of carbonyl (C=O) groups is 1. The van der Waals surface area contributed by atoms with Crippen LogP contribution < -0.4 is 0 Å². The molecular formula is C13H13BrF2N2O3. The van der Waals surface area contributed by atoms with E-state index in [-0.39, 0.29) is 5.92 Å². The van der Waals surface area contributed by atoms with Crippen LogP contribution in [-0.2, 0) is 0 Å². The molecule has 0 atom stereocenters. The van der Waals surface area contributed by atoms with E-state index in [1.165, 1.54) is 11.9 Å². The van der Waals surface area contributed by atoms with Crippen LogP contribution in [0.25, 0.3) is 0 Å². The summed E-state index contributed by atoms with van der Waals surface area (Å²) in [5, 5.41) is 10.7. The first-order valence-electron chi connectivity index (χ1n) is 6.33. The van der Waals surface area contributed by atoms with Crippen LogP contribution in [0.5, 0.6) is 0 Å². The van der Waals surface area contributed by atoms with Crippen LogP contribution in [-0.4, -0.2) is 34.2 Å². The van der Waals surface area contributed by atoms with Crippen molar-refractivity contribution in [3.8, 4) is 0 Å². The van der Waals surface area contributed by atoms with Crippen LogP contribution in [0.2, 0.25) is 0 Å². The van der Waals surface area contributed by atoms with Gasteiger partial charge in [0, 0.05) is 24.5 Å². The normalized spacial score (nSPS) is 20.8. The number of carbonyl (C=O) groups excluding carboxylic acids is 1. The number of nitro benzene ring substituents is 1. The molecule has 114 valence electrons. The molecule has 8 heteroatoms. The highest BCUT2D eigenvalue weighted by Gasteiger charge is 2.32. The Morgan fingerprint density at radius 2 is 2.10 bits per heavy atom. The maximum Gasteiger partial charge on any atom is 0.305 e. The van der Waals surface area contributed by atoms with Crippen LogP contribution in [0.1, 0.15) is 23.2 Å². The standard InChI is InChI=1S/C13H13BrF2N2O3/c1-17(6-7-4-8(14)5-7)13(19)11-9(15)2-3-10(12(11)16)18(20)21/h2-3,7-8H,4-6H2,1H3. The molecule has 0 saturated heterocycles. The lowest BCUT2D eigenvalue weighted by Crippen LogP contribution is -2.38. The minimum atomic E-state index is -1.43. The zero-order valence-corrected chi connectivity index (χ0v) is 12.8. The summed E-state index contributed by atoms with van der Waals surface area (Å²) in [4.78, 5) is 23.4. The van der Waals surface area contributed by atoms with Crippen molar-refractivity contribution in [1.29, 1.82) is 0 Å². The molecule has 1 saturated carbocycles. The molecular weight excluding hydrogens is 350 g/mol. The van der Waals surface area contributed by atoms with Crippen LogP contribution >= 0.6 is 15.9 Å². The van der Waals surface area contributed by atoms with Crippen molar-refractivity contribution in [2.45, 2.75) is 17.7 Å². The lowest BCUT2D eigenvalue weighted by molar-refractivity contribution is -0.387. The van der Waals surface area contributed by atoms with Crippen molar-refractivity contribution >= 4 is 27.5 Å². The second-order valence-corrected chi connectivity index (χ2v) is 6.43. The lowest BCUT2D eigenvalue weighted by atomic mass is 9.85. The molecule has 1 amide bonds. The van der Waals surface area contributed by atoms with Gasteiger partial charge in [-0.15, -0.1) is 0 Å². The minimum Gasteiger partial charge on any atom is -0.341 e. The van der Waals surface area contributed by atoms with Crippen molar-refractivity contribution < 1.29 is 18.5 Å². The summed E-state index contributed by atoms with van der Waals surface area (Å²) in [5.41, 5.74) is -1.78. The number of hydrogen-bond acceptors (Lipinski definition) is 3. The van der Waals surface area contributed by atoms with Gasteiger partial charge in [-0.2, -0.15) is 4.39 Å². The first-order chi connectivity index (χ1) is 9.81. The SMILES string of the molecule is CN(CC1CC(Br)C1)C(=O)c1c(F)ccc([N+](=O)[O-])c1F. The van der Waals surface area contributed by atoms with Crippen molar-refractivity contribution in [3.05, 3.63) is 39.4 Å². The Labute approximate surface area is 128 Å². The number of halogens is 3. The minimum absolute atomic E-state index is 0.271. The molecule has 2 rings (SSSR count). The van der Waals surface area contributed by atoms with Gasteiger partial charge < -0.3 is 4.90 Å². The number of benzene rings is 1. The maximum absolute atomic E-state index is 14.0. The van der Waals surface area contributed by atoms with Gasteiger partial charge in [-0.25, -0.2) is 4.39 Å². The third-order valence-electron chi connectivity index (χ3n) is 3.54. The highest BCUT2D eigenvalue weighted by molar-refractivity contribution is 9.09. The summed E-state index contributed by atoms with van der Waals surface area (Å²) in [6.07, 6.45) is 1.77. The Balaban J connectivity index is 2.21. The summed E-state index contributed by atoms with van der Waals surface area (Å²) in [5.74, 6) is -3.13. The second-order valence-electron chi connectivity index (χ2n) is 5.13. The third-order valence-corrected chi connectivity index (χ3v) is 4.29. The first kappa shape index (κ1) is 15.8. The molecule has 0 bridgehead atoms. The largest absolute Gasteiger partial charge is 0.341 e. The van der Waals surface area contributed by atoms with Crippen molar-refractivity contribution in [1.82, 2.24) is 4.90 Å². The molecule has 1 fully saturated rings. The van der Waals surface area contributed by atoms with Crippen molar-refractivity contribution in [2.24, 2.45) is 5.92 Å². The lowest BCUT2D eigenvalue weighted by Gasteiger charge is -2.34. The zero-order valence-electron chi connectivity index (χ0n) is 11.2. The molecule has 5 nitrogen and oxygen atoms in total. The molecule has 1 aliphatic rings. The predicted octanol–water partition coefficient (Wildman–Crippen LogP) is 3.12. The van der Waals surface area contributed by atoms with Crippen LogP contribution in [0.4, 0.5) is 14.5 Å². The van der Waals surface area contributed by atoms with E-state index in [4.69, 9.17) is 0 Å². The fraction of sp³-hybridized carbons (Fsp3) is 0.462. The van der Waals surface area contributed by atoms with Crippen LogP contribution in [0, 0.1) is 27.7 Å². The van der Waals surface area contributed by atoms with Gasteiger partial charge in [-0.3, -0.25) is 14.9 Å². The average Bonchev–Trinajstić information content (AvgIpc) is 2.36. The quantitative estimate of drug-likeness (QED) is 0.469. The highest BCUT2D eigenvalue weighted by Crippen LogP contribution is 2.34. The summed E-state index contributed by atoms with van der Waals surface area (Å²) in [7, 11) is 1.43. The number of amides is 1. The Morgan fingerprint density at radius 3 is 2.62 bits per heavy atom. The Kier molecular flexibility index (Phi) is 4.55. The average molecular weight is 363 g/mol. The topological polar surface area (TPSA) is 63.5 Å². The third kappa shape index (κ3) is 3.20. The van der Waals surface area contributed by atoms with Gasteiger partial charge >= 0.3 is 5.69 Å². The summed E-state index contributed by atoms with van der Waals surface area (Å²) in [6, 6.07) is 1.45. The molecule has 0 heterocycles. The number of nitro groups is 1. The first-order valence-corrected chi connectivity index (χ1v) is 7.24. The number of alkyl halides is 1. The van der Waals surface area contributed by atoms with E-state index < -0.39 is 33.7 Å². The van der Waals surface area contributed by atoms with Crippen molar-refractivity contribution in [3.63, 3.8) is 0 Å². The van der Waals surface area contributed by atoms with Gasteiger partial charge in [-0.05, 0) is 24.8 Å². The summed E-state index contributed by atoms with van der Waals surface area (Å²) >= 11 is 3.42. The molecule has 0 aromatic heterocycles. The molecule has 0 radical (unpaired) electrons. The van der Waals surface area contributed by atoms with Crippen LogP contribution in [0.15, 0.2) is 12.1 Å². The van der Waals surface area contributed by atoms with Gasteiger partial charge in [0.05, 0.1) is 4.92 Å². The Bertz CT molecular complexity index is 591. The smallest absolute Gasteiger partial charge is 0.305 e. The molecule has 1 aromatic carbocycles. The molecule has 0 aliphatic heterocycles.